The molecule has 3 heteroatoms. The van der Waals surface area contributed by atoms with Crippen LogP contribution < -0.4 is 4.74 Å². The molecule has 19 heavy (non-hydrogen) atoms. The zero-order chi connectivity index (χ0) is 13.7. The monoisotopic (exact) mass is 260 g/mol. The fraction of sp³-hybridized carbons (Fsp3) is 0.250. The van der Waals surface area contributed by atoms with Gasteiger partial charge in [0.05, 0.1) is 13.7 Å². The predicted molar refractivity (Wildman–Crippen MR) is 72.9 cm³/mol. The maximum atomic E-state index is 12.9. The lowest BCUT2D eigenvalue weighted by molar-refractivity contribution is 0.261. The van der Waals surface area contributed by atoms with Gasteiger partial charge in [-0.3, -0.25) is 0 Å². The number of ether oxygens (including phenoxy) is 1. The van der Waals surface area contributed by atoms with Gasteiger partial charge in [-0.05, 0) is 35.7 Å². The van der Waals surface area contributed by atoms with Gasteiger partial charge in [0.25, 0.3) is 0 Å². The Kier molecular flexibility index (Phi) is 4.53. The van der Waals surface area contributed by atoms with Gasteiger partial charge in [-0.25, -0.2) is 4.39 Å². The van der Waals surface area contributed by atoms with Crippen LogP contribution in [0.1, 0.15) is 17.0 Å². The highest BCUT2D eigenvalue weighted by Crippen LogP contribution is 2.28. The van der Waals surface area contributed by atoms with Gasteiger partial charge in [0.1, 0.15) is 11.6 Å². The van der Waals surface area contributed by atoms with Crippen LogP contribution in [0.25, 0.3) is 0 Å². The Balaban J connectivity index is 2.22. The number of halogens is 1. The molecule has 0 spiro atoms. The number of hydrogen-bond donors (Lipinski definition) is 1. The molecule has 0 fully saturated rings. The Morgan fingerprint density at radius 3 is 2.42 bits per heavy atom. The Labute approximate surface area is 112 Å². The SMILES string of the molecule is COc1ccccc1C(CO)Cc1ccc(F)cc1. The number of methoxy groups -OCH3 is 1. The van der Waals surface area contributed by atoms with E-state index in [0.717, 1.165) is 16.9 Å². The van der Waals surface area contributed by atoms with Gasteiger partial charge in [0.2, 0.25) is 0 Å². The molecule has 0 heterocycles. The molecule has 0 aromatic heterocycles. The molecule has 100 valence electrons. The number of rotatable bonds is 5. The van der Waals surface area contributed by atoms with E-state index in [1.54, 1.807) is 19.2 Å². The molecule has 2 nitrogen and oxygen atoms in total. The van der Waals surface area contributed by atoms with E-state index in [4.69, 9.17) is 4.74 Å². The number of para-hydroxylation sites is 1. The summed E-state index contributed by atoms with van der Waals surface area (Å²) in [5, 5.41) is 9.59. The van der Waals surface area contributed by atoms with E-state index in [1.807, 2.05) is 24.3 Å². The van der Waals surface area contributed by atoms with Crippen molar-refractivity contribution in [1.82, 2.24) is 0 Å². The fourth-order valence-corrected chi connectivity index (χ4v) is 2.18. The van der Waals surface area contributed by atoms with Crippen molar-refractivity contribution in [2.24, 2.45) is 0 Å². The second kappa shape index (κ2) is 6.34. The Bertz CT molecular complexity index is 523. The Hall–Kier alpha value is -1.87. The Morgan fingerprint density at radius 2 is 1.79 bits per heavy atom. The zero-order valence-electron chi connectivity index (χ0n) is 10.8. The van der Waals surface area contributed by atoms with Crippen molar-refractivity contribution in [2.45, 2.75) is 12.3 Å². The normalized spacial score (nSPS) is 12.2. The van der Waals surface area contributed by atoms with E-state index in [1.165, 1.54) is 12.1 Å². The van der Waals surface area contributed by atoms with Gasteiger partial charge in [0, 0.05) is 5.92 Å². The van der Waals surface area contributed by atoms with E-state index in [0.29, 0.717) is 6.42 Å². The van der Waals surface area contributed by atoms with E-state index < -0.39 is 0 Å². The van der Waals surface area contributed by atoms with Crippen molar-refractivity contribution >= 4 is 0 Å². The van der Waals surface area contributed by atoms with Gasteiger partial charge in [-0.1, -0.05) is 30.3 Å². The van der Waals surface area contributed by atoms with Gasteiger partial charge >= 0.3 is 0 Å². The molecule has 0 radical (unpaired) electrons. The summed E-state index contributed by atoms with van der Waals surface area (Å²) >= 11 is 0. The average Bonchev–Trinajstić information content (AvgIpc) is 2.46. The minimum absolute atomic E-state index is 0.0255. The topological polar surface area (TPSA) is 29.5 Å². The number of hydrogen-bond acceptors (Lipinski definition) is 2. The lowest BCUT2D eigenvalue weighted by Crippen LogP contribution is -2.09. The first-order chi connectivity index (χ1) is 9.24. The maximum Gasteiger partial charge on any atom is 0.123 e. The predicted octanol–water partition coefficient (Wildman–Crippen LogP) is 3.15. The molecule has 1 N–H and O–H groups in total. The molecule has 0 saturated heterocycles. The van der Waals surface area contributed by atoms with Crippen molar-refractivity contribution in [2.75, 3.05) is 13.7 Å². The van der Waals surface area contributed by atoms with Gasteiger partial charge in [0.15, 0.2) is 0 Å². The third kappa shape index (κ3) is 3.32. The highest BCUT2D eigenvalue weighted by atomic mass is 19.1. The summed E-state index contributed by atoms with van der Waals surface area (Å²) in [6.07, 6.45) is 0.650. The Morgan fingerprint density at radius 1 is 1.11 bits per heavy atom. The van der Waals surface area contributed by atoms with Crippen molar-refractivity contribution in [3.8, 4) is 5.75 Å². The quantitative estimate of drug-likeness (QED) is 0.894. The van der Waals surface area contributed by atoms with E-state index in [9.17, 15) is 9.50 Å². The van der Waals surface area contributed by atoms with Crippen molar-refractivity contribution < 1.29 is 14.2 Å². The molecule has 0 saturated carbocycles. The van der Waals surface area contributed by atoms with Crippen molar-refractivity contribution in [3.05, 3.63) is 65.5 Å². The molecular formula is C16H17FO2. The molecule has 1 unspecified atom stereocenters. The second-order valence-corrected chi connectivity index (χ2v) is 4.45. The van der Waals surface area contributed by atoms with Crippen LogP contribution in [-0.2, 0) is 6.42 Å². The first-order valence-electron chi connectivity index (χ1n) is 6.23. The highest BCUT2D eigenvalue weighted by molar-refractivity contribution is 5.37. The van der Waals surface area contributed by atoms with E-state index in [-0.39, 0.29) is 18.3 Å². The van der Waals surface area contributed by atoms with Gasteiger partial charge in [-0.2, -0.15) is 0 Å². The maximum absolute atomic E-state index is 12.9. The summed E-state index contributed by atoms with van der Waals surface area (Å²) in [6, 6.07) is 14.0. The molecular weight excluding hydrogens is 243 g/mol. The molecule has 2 aromatic carbocycles. The van der Waals surface area contributed by atoms with Crippen LogP contribution >= 0.6 is 0 Å². The zero-order valence-corrected chi connectivity index (χ0v) is 10.8. The molecule has 0 aliphatic rings. The molecule has 0 aliphatic carbocycles. The van der Waals surface area contributed by atoms with Crippen LogP contribution in [0.3, 0.4) is 0 Å². The third-order valence-electron chi connectivity index (χ3n) is 3.19. The molecule has 0 aliphatic heterocycles. The van der Waals surface area contributed by atoms with Crippen molar-refractivity contribution in [3.63, 3.8) is 0 Å². The summed E-state index contributed by atoms with van der Waals surface area (Å²) in [6.45, 7) is 0.0255. The molecule has 2 rings (SSSR count). The number of aliphatic hydroxyl groups is 1. The molecule has 0 amide bonds. The lowest BCUT2D eigenvalue weighted by atomic mass is 9.92. The van der Waals surface area contributed by atoms with Gasteiger partial charge in [-0.15, -0.1) is 0 Å². The summed E-state index contributed by atoms with van der Waals surface area (Å²) in [5.74, 6) is 0.465. The third-order valence-corrected chi connectivity index (χ3v) is 3.19. The first-order valence-corrected chi connectivity index (χ1v) is 6.23. The molecule has 1 atom stereocenters. The second-order valence-electron chi connectivity index (χ2n) is 4.45. The number of aliphatic hydroxyl groups excluding tert-OH is 1. The highest BCUT2D eigenvalue weighted by Gasteiger charge is 2.15. The van der Waals surface area contributed by atoms with E-state index in [2.05, 4.69) is 0 Å². The van der Waals surface area contributed by atoms with Crippen LogP contribution in [0.5, 0.6) is 5.75 Å². The van der Waals surface area contributed by atoms with Crippen LogP contribution in [0.4, 0.5) is 4.39 Å². The van der Waals surface area contributed by atoms with Crippen LogP contribution in [-0.4, -0.2) is 18.8 Å². The lowest BCUT2D eigenvalue weighted by Gasteiger charge is -2.17. The standard InChI is InChI=1S/C16H17FO2/c1-19-16-5-3-2-4-15(16)13(11-18)10-12-6-8-14(17)9-7-12/h2-9,13,18H,10-11H2,1H3. The number of benzene rings is 2. The summed E-state index contributed by atoms with van der Waals surface area (Å²) in [4.78, 5) is 0. The van der Waals surface area contributed by atoms with Crippen LogP contribution in [0.15, 0.2) is 48.5 Å². The molecule has 0 bridgehead atoms. The van der Waals surface area contributed by atoms with Crippen molar-refractivity contribution in [1.29, 1.82) is 0 Å². The fourth-order valence-electron chi connectivity index (χ4n) is 2.18. The van der Waals surface area contributed by atoms with Gasteiger partial charge < -0.3 is 9.84 Å². The summed E-state index contributed by atoms with van der Waals surface area (Å²) in [7, 11) is 1.62. The first kappa shape index (κ1) is 13.6. The van der Waals surface area contributed by atoms with Crippen LogP contribution in [0.2, 0.25) is 0 Å². The smallest absolute Gasteiger partial charge is 0.123 e. The summed E-state index contributed by atoms with van der Waals surface area (Å²) in [5.41, 5.74) is 1.96. The van der Waals surface area contributed by atoms with E-state index >= 15 is 0 Å². The minimum Gasteiger partial charge on any atom is -0.496 e. The molecule has 2 aromatic rings. The minimum atomic E-state index is -0.249. The average molecular weight is 260 g/mol. The largest absolute Gasteiger partial charge is 0.496 e. The summed E-state index contributed by atoms with van der Waals surface area (Å²) < 4.78 is 18.2. The van der Waals surface area contributed by atoms with Crippen LogP contribution in [0, 0.1) is 5.82 Å².